The van der Waals surface area contributed by atoms with Gasteiger partial charge in [0.15, 0.2) is 0 Å². The van der Waals surface area contributed by atoms with Crippen LogP contribution in [0.3, 0.4) is 0 Å². The molecule has 2 aromatic carbocycles. The number of amides is 1. The van der Waals surface area contributed by atoms with Crippen LogP contribution in [0.25, 0.3) is 33.4 Å². The molecule has 1 aliphatic heterocycles. The van der Waals surface area contributed by atoms with Gasteiger partial charge in [-0.25, -0.2) is 0 Å². The average molecular weight is 500 g/mol. The molecule has 7 heteroatoms. The summed E-state index contributed by atoms with van der Waals surface area (Å²) in [5.41, 5.74) is 13.0. The number of carbonyl (C=O) groups excluding carboxylic acids is 1. The Morgan fingerprint density at radius 3 is 2.54 bits per heavy atom. The minimum Gasteiger partial charge on any atom is -0.456 e. The maximum absolute atomic E-state index is 13.3. The SMILES string of the molecule is CCN=c1cc2oc3cc(NCC)c(C)cc3c(-c3ccccc3C(=O)NCCNCCN)c-2cc1C. The van der Waals surface area contributed by atoms with Gasteiger partial charge in [-0.15, -0.1) is 0 Å². The fourth-order valence-corrected chi connectivity index (χ4v) is 4.69. The van der Waals surface area contributed by atoms with Crippen molar-refractivity contribution in [1.82, 2.24) is 10.6 Å². The van der Waals surface area contributed by atoms with Crippen molar-refractivity contribution >= 4 is 22.6 Å². The smallest absolute Gasteiger partial charge is 0.251 e. The summed E-state index contributed by atoms with van der Waals surface area (Å²) in [5, 5.41) is 11.6. The van der Waals surface area contributed by atoms with Crippen LogP contribution in [0.15, 0.2) is 57.9 Å². The van der Waals surface area contributed by atoms with E-state index >= 15 is 0 Å². The number of hydrogen-bond acceptors (Lipinski definition) is 6. The van der Waals surface area contributed by atoms with Gasteiger partial charge in [-0.3, -0.25) is 9.79 Å². The van der Waals surface area contributed by atoms with Gasteiger partial charge in [0.25, 0.3) is 5.91 Å². The first-order valence-corrected chi connectivity index (χ1v) is 13.0. The van der Waals surface area contributed by atoms with E-state index in [0.29, 0.717) is 31.7 Å². The highest BCUT2D eigenvalue weighted by Crippen LogP contribution is 2.42. The summed E-state index contributed by atoms with van der Waals surface area (Å²) in [5.74, 6) is 0.635. The molecule has 0 spiro atoms. The van der Waals surface area contributed by atoms with Crippen LogP contribution in [0.2, 0.25) is 0 Å². The Kier molecular flexibility index (Phi) is 8.58. The van der Waals surface area contributed by atoms with E-state index in [9.17, 15) is 4.79 Å². The van der Waals surface area contributed by atoms with Gasteiger partial charge in [-0.1, -0.05) is 18.2 Å². The third kappa shape index (κ3) is 5.68. The fourth-order valence-electron chi connectivity index (χ4n) is 4.69. The average Bonchev–Trinajstić information content (AvgIpc) is 2.89. The first-order valence-electron chi connectivity index (χ1n) is 13.0. The van der Waals surface area contributed by atoms with E-state index in [1.807, 2.05) is 37.3 Å². The first kappa shape index (κ1) is 26.4. The van der Waals surface area contributed by atoms with Crippen LogP contribution in [0.4, 0.5) is 5.69 Å². The standard InChI is InChI=1S/C30H37N5O2/c1-5-33-25-17-27-23(15-19(25)3)29(24-16-20(4)26(34-6-2)18-28(24)37-27)21-9-7-8-10-22(21)30(36)35-14-13-32-12-11-31/h7-10,15-18,32-33H,5-6,11-14,31H2,1-4H3,(H,35,36). The summed E-state index contributed by atoms with van der Waals surface area (Å²) >= 11 is 0. The van der Waals surface area contributed by atoms with Crippen molar-refractivity contribution in [2.45, 2.75) is 27.7 Å². The van der Waals surface area contributed by atoms with Crippen LogP contribution in [0.5, 0.6) is 0 Å². The zero-order valence-corrected chi connectivity index (χ0v) is 22.2. The topological polar surface area (TPSA) is 105 Å². The second-order valence-electron chi connectivity index (χ2n) is 9.12. The van der Waals surface area contributed by atoms with Crippen molar-refractivity contribution in [3.63, 3.8) is 0 Å². The second-order valence-corrected chi connectivity index (χ2v) is 9.12. The van der Waals surface area contributed by atoms with E-state index in [1.165, 1.54) is 0 Å². The van der Waals surface area contributed by atoms with E-state index in [0.717, 1.165) is 68.7 Å². The minimum absolute atomic E-state index is 0.109. The lowest BCUT2D eigenvalue weighted by atomic mass is 9.89. The molecule has 0 fully saturated rings. The highest BCUT2D eigenvalue weighted by atomic mass is 16.3. The maximum atomic E-state index is 13.3. The Bertz CT molecular complexity index is 1440. The predicted octanol–water partition coefficient (Wildman–Crippen LogP) is 4.45. The van der Waals surface area contributed by atoms with Gasteiger partial charge in [0, 0.05) is 79.2 Å². The van der Waals surface area contributed by atoms with E-state index in [1.54, 1.807) is 0 Å². The number of benzene rings is 3. The van der Waals surface area contributed by atoms with Crippen molar-refractivity contribution in [2.24, 2.45) is 10.7 Å². The third-order valence-corrected chi connectivity index (χ3v) is 6.43. The van der Waals surface area contributed by atoms with Gasteiger partial charge in [0.05, 0.1) is 5.36 Å². The molecule has 0 saturated heterocycles. The zero-order valence-electron chi connectivity index (χ0n) is 22.2. The number of rotatable bonds is 10. The summed E-state index contributed by atoms with van der Waals surface area (Å²) in [6.07, 6.45) is 0. The Hall–Kier alpha value is -3.68. The van der Waals surface area contributed by atoms with Crippen LogP contribution < -0.4 is 27.0 Å². The Morgan fingerprint density at radius 1 is 0.973 bits per heavy atom. The van der Waals surface area contributed by atoms with E-state index in [4.69, 9.17) is 10.2 Å². The molecule has 4 rings (SSSR count). The van der Waals surface area contributed by atoms with E-state index in [-0.39, 0.29) is 5.91 Å². The predicted molar refractivity (Wildman–Crippen MR) is 152 cm³/mol. The molecule has 2 aromatic rings. The molecule has 2 aliphatic rings. The molecule has 1 aliphatic carbocycles. The van der Waals surface area contributed by atoms with Gasteiger partial charge in [0.2, 0.25) is 0 Å². The molecular formula is C30H37N5O2. The molecule has 0 saturated carbocycles. The Morgan fingerprint density at radius 2 is 1.78 bits per heavy atom. The normalized spacial score (nSPS) is 11.9. The van der Waals surface area contributed by atoms with E-state index < -0.39 is 0 Å². The van der Waals surface area contributed by atoms with E-state index in [2.05, 4.69) is 59.9 Å². The summed E-state index contributed by atoms with van der Waals surface area (Å²) in [6, 6.07) is 16.1. The van der Waals surface area contributed by atoms with Crippen molar-refractivity contribution in [3.8, 4) is 22.5 Å². The molecule has 1 amide bonds. The molecule has 37 heavy (non-hydrogen) atoms. The molecule has 0 unspecified atom stereocenters. The molecule has 0 atom stereocenters. The second kappa shape index (κ2) is 12.0. The van der Waals surface area contributed by atoms with Crippen molar-refractivity contribution in [2.75, 3.05) is 44.6 Å². The van der Waals surface area contributed by atoms with Crippen LogP contribution in [0.1, 0.15) is 35.3 Å². The number of fused-ring (bicyclic) bond motifs is 2. The molecule has 194 valence electrons. The maximum Gasteiger partial charge on any atom is 0.251 e. The van der Waals surface area contributed by atoms with Crippen LogP contribution in [-0.2, 0) is 0 Å². The van der Waals surface area contributed by atoms with Gasteiger partial charge < -0.3 is 26.1 Å². The van der Waals surface area contributed by atoms with Crippen molar-refractivity contribution in [1.29, 1.82) is 0 Å². The van der Waals surface area contributed by atoms with Crippen LogP contribution in [0, 0.1) is 13.8 Å². The lowest BCUT2D eigenvalue weighted by molar-refractivity contribution is 0.0954. The van der Waals surface area contributed by atoms with Gasteiger partial charge in [-0.05, 0) is 62.6 Å². The molecular weight excluding hydrogens is 462 g/mol. The molecule has 7 nitrogen and oxygen atoms in total. The third-order valence-electron chi connectivity index (χ3n) is 6.43. The molecule has 0 aromatic heterocycles. The fraction of sp³-hybridized carbons (Fsp3) is 0.333. The summed E-state index contributed by atoms with van der Waals surface area (Å²) < 4.78 is 6.48. The lowest BCUT2D eigenvalue weighted by Crippen LogP contribution is -2.34. The number of anilines is 1. The quantitative estimate of drug-likeness (QED) is 0.191. The van der Waals surface area contributed by atoms with Gasteiger partial charge >= 0.3 is 0 Å². The van der Waals surface area contributed by atoms with Gasteiger partial charge in [0.1, 0.15) is 11.3 Å². The monoisotopic (exact) mass is 499 g/mol. The number of nitrogens with one attached hydrogen (secondary N) is 3. The first-order chi connectivity index (χ1) is 18.0. The minimum atomic E-state index is -0.109. The highest BCUT2D eigenvalue weighted by molar-refractivity contribution is 6.09. The lowest BCUT2D eigenvalue weighted by Gasteiger charge is -2.20. The number of aryl methyl sites for hydroxylation is 2. The zero-order chi connectivity index (χ0) is 26.4. The van der Waals surface area contributed by atoms with Crippen LogP contribution >= 0.6 is 0 Å². The number of nitrogens with two attached hydrogens (primary N) is 1. The van der Waals surface area contributed by atoms with Crippen LogP contribution in [-0.4, -0.2) is 45.2 Å². The van der Waals surface area contributed by atoms with Gasteiger partial charge in [-0.2, -0.15) is 0 Å². The highest BCUT2D eigenvalue weighted by Gasteiger charge is 2.22. The number of nitrogens with zero attached hydrogens (tertiary/aromatic N) is 1. The summed E-state index contributed by atoms with van der Waals surface area (Å²) in [7, 11) is 0. The Balaban J connectivity index is 1.94. The molecule has 0 radical (unpaired) electrons. The van der Waals surface area contributed by atoms with Crippen molar-refractivity contribution in [3.05, 3.63) is 70.6 Å². The molecule has 5 N–H and O–H groups in total. The largest absolute Gasteiger partial charge is 0.456 e. The number of hydrogen-bond donors (Lipinski definition) is 4. The Labute approximate surface area is 218 Å². The molecule has 0 bridgehead atoms. The number of carbonyl (C=O) groups is 1. The summed E-state index contributed by atoms with van der Waals surface area (Å²) in [6.45, 7) is 12.2. The van der Waals surface area contributed by atoms with Crippen molar-refractivity contribution < 1.29 is 9.21 Å². The molecule has 1 heterocycles. The summed E-state index contributed by atoms with van der Waals surface area (Å²) in [4.78, 5) is 18.0.